The lowest BCUT2D eigenvalue weighted by Crippen LogP contribution is -2.56. The first kappa shape index (κ1) is 30.1. The van der Waals surface area contributed by atoms with Crippen molar-refractivity contribution in [3.63, 3.8) is 0 Å². The number of amides is 5. The molecule has 0 spiro atoms. The van der Waals surface area contributed by atoms with Crippen LogP contribution in [0.25, 0.3) is 0 Å². The van der Waals surface area contributed by atoms with Gasteiger partial charge in [0.25, 0.3) is 5.91 Å². The van der Waals surface area contributed by atoms with Gasteiger partial charge in [-0.2, -0.15) is 0 Å². The molecule has 0 saturated heterocycles. The average Bonchev–Trinajstić information content (AvgIpc) is 3.33. The van der Waals surface area contributed by atoms with Crippen LogP contribution >= 0.6 is 0 Å². The Bertz CT molecular complexity index is 1260. The molecule has 0 aliphatic carbocycles. The summed E-state index contributed by atoms with van der Waals surface area (Å²) in [5.41, 5.74) is 6.77. The largest absolute Gasteiger partial charge is 0.491 e. The molecule has 0 saturated carbocycles. The van der Waals surface area contributed by atoms with Crippen molar-refractivity contribution in [3.05, 3.63) is 41.2 Å². The highest BCUT2D eigenvalue weighted by Gasteiger charge is 2.29. The van der Waals surface area contributed by atoms with E-state index in [1.807, 2.05) is 13.8 Å². The third-order valence-corrected chi connectivity index (χ3v) is 6.11. The molecule has 1 aliphatic rings. The van der Waals surface area contributed by atoms with Crippen LogP contribution in [0.2, 0.25) is 0 Å². The summed E-state index contributed by atoms with van der Waals surface area (Å²) in [6.07, 6.45) is 1.51. The molecule has 2 bridgehead atoms. The second kappa shape index (κ2) is 13.5. The number of rotatable bonds is 4. The fourth-order valence-electron chi connectivity index (χ4n) is 4.05. The fourth-order valence-corrected chi connectivity index (χ4v) is 4.05. The molecule has 0 unspecified atom stereocenters. The molecule has 1 aromatic carbocycles. The number of aromatic nitrogens is 3. The van der Waals surface area contributed by atoms with E-state index >= 15 is 0 Å². The van der Waals surface area contributed by atoms with Gasteiger partial charge < -0.3 is 31.7 Å². The third kappa shape index (κ3) is 8.51. The Kier molecular flexibility index (Phi) is 10.2. The molecule has 0 radical (unpaired) electrons. The molecule has 6 N–H and O–H groups in total. The van der Waals surface area contributed by atoms with E-state index in [0.717, 1.165) is 5.56 Å². The Balaban J connectivity index is 1.92. The average molecular weight is 557 g/mol. The van der Waals surface area contributed by atoms with E-state index in [1.165, 1.54) is 11.6 Å². The molecule has 3 atom stereocenters. The van der Waals surface area contributed by atoms with E-state index in [2.05, 4.69) is 31.6 Å². The monoisotopic (exact) mass is 556 g/mol. The number of nitrogens with zero attached hydrogens (tertiary/aromatic N) is 3. The molecule has 40 heavy (non-hydrogen) atoms. The van der Waals surface area contributed by atoms with Crippen molar-refractivity contribution in [2.24, 2.45) is 11.7 Å². The van der Waals surface area contributed by atoms with Gasteiger partial charge in [0.1, 0.15) is 36.2 Å². The van der Waals surface area contributed by atoms with Gasteiger partial charge in [0, 0.05) is 0 Å². The summed E-state index contributed by atoms with van der Waals surface area (Å²) in [4.78, 5) is 63.9. The summed E-state index contributed by atoms with van der Waals surface area (Å²) in [6, 6.07) is 1.66. The van der Waals surface area contributed by atoms with E-state index in [-0.39, 0.29) is 30.4 Å². The van der Waals surface area contributed by atoms with Crippen LogP contribution in [0.1, 0.15) is 55.2 Å². The van der Waals surface area contributed by atoms with Crippen LogP contribution in [0.4, 0.5) is 0 Å². The number of nitrogens with one attached hydrogen (secondary N) is 4. The zero-order valence-electron chi connectivity index (χ0n) is 23.0. The smallest absolute Gasteiger partial charge is 0.255 e. The zero-order chi connectivity index (χ0) is 29.4. The number of hydrogen-bond donors (Lipinski definition) is 5. The van der Waals surface area contributed by atoms with Crippen LogP contribution in [-0.2, 0) is 32.3 Å². The SMILES string of the molecule is Cc1ccc2c(c1)C(=O)N[C@@H](CC(N)=O)C(=O)N[C@H](C)C(=O)N[C@H](CC(C)C)C(=O)NCc1cn(nn1)CCO2. The maximum absolute atomic E-state index is 13.2. The van der Waals surface area contributed by atoms with E-state index < -0.39 is 54.1 Å². The number of hydrogen-bond acceptors (Lipinski definition) is 8. The highest BCUT2D eigenvalue weighted by Crippen LogP contribution is 2.21. The standard InChI is InChI=1S/C26H36N8O6/c1-14(2)9-19-25(38)28-12-17-13-34(33-32-17)7-8-40-21-6-5-15(3)10-18(21)24(37)31-20(11-22(27)35)26(39)29-16(4)23(36)30-19/h5-6,10,13-14,16,19-20H,7-9,11-12H2,1-4H3,(H2,27,35)(H,28,38)(H,29,39)(H,30,36)(H,31,37)/t16-,19-,20+/m1/s1. The number of benzene rings is 1. The highest BCUT2D eigenvalue weighted by molar-refractivity contribution is 6.01. The molecule has 216 valence electrons. The second-order valence-electron chi connectivity index (χ2n) is 10.2. The number of primary amides is 1. The summed E-state index contributed by atoms with van der Waals surface area (Å²) < 4.78 is 7.38. The number of carbonyl (C=O) groups is 5. The van der Waals surface area contributed by atoms with Gasteiger partial charge in [0.2, 0.25) is 23.6 Å². The van der Waals surface area contributed by atoms with Crippen molar-refractivity contribution in [1.82, 2.24) is 36.3 Å². The molecule has 1 aliphatic heterocycles. The highest BCUT2D eigenvalue weighted by atomic mass is 16.5. The van der Waals surface area contributed by atoms with Crippen molar-refractivity contribution in [2.75, 3.05) is 6.61 Å². The molecule has 1 aromatic heterocycles. The minimum Gasteiger partial charge on any atom is -0.491 e. The Morgan fingerprint density at radius 2 is 1.85 bits per heavy atom. The zero-order valence-corrected chi connectivity index (χ0v) is 23.0. The first-order valence-electron chi connectivity index (χ1n) is 13.0. The van der Waals surface area contributed by atoms with E-state index in [9.17, 15) is 24.0 Å². The summed E-state index contributed by atoms with van der Waals surface area (Å²) in [5.74, 6) is -2.98. The molecule has 3 rings (SSSR count). The van der Waals surface area contributed by atoms with Crippen LogP contribution in [0, 0.1) is 12.8 Å². The second-order valence-corrected chi connectivity index (χ2v) is 10.2. The summed E-state index contributed by atoms with van der Waals surface area (Å²) in [5, 5.41) is 18.6. The molecule has 2 aromatic rings. The predicted octanol–water partition coefficient (Wildman–Crippen LogP) is -0.695. The van der Waals surface area contributed by atoms with Crippen LogP contribution in [0.3, 0.4) is 0 Å². The van der Waals surface area contributed by atoms with Crippen LogP contribution in [0.15, 0.2) is 24.4 Å². The molecular formula is C26H36N8O6. The van der Waals surface area contributed by atoms with Gasteiger partial charge in [-0.25, -0.2) is 4.68 Å². The van der Waals surface area contributed by atoms with Crippen molar-refractivity contribution >= 4 is 29.5 Å². The van der Waals surface area contributed by atoms with E-state index in [1.54, 1.807) is 31.3 Å². The number of fused-ring (bicyclic) bond motifs is 3. The van der Waals surface area contributed by atoms with Gasteiger partial charge in [-0.05, 0) is 38.3 Å². The normalized spacial score (nSPS) is 21.3. The van der Waals surface area contributed by atoms with Crippen LogP contribution in [-0.4, -0.2) is 69.3 Å². The molecule has 2 heterocycles. The van der Waals surface area contributed by atoms with Gasteiger partial charge >= 0.3 is 0 Å². The molecule has 0 fully saturated rings. The van der Waals surface area contributed by atoms with Crippen molar-refractivity contribution in [1.29, 1.82) is 0 Å². The molecule has 14 nitrogen and oxygen atoms in total. The van der Waals surface area contributed by atoms with Gasteiger partial charge in [-0.3, -0.25) is 24.0 Å². The van der Waals surface area contributed by atoms with Gasteiger partial charge in [0.15, 0.2) is 0 Å². The quantitative estimate of drug-likeness (QED) is 0.326. The van der Waals surface area contributed by atoms with E-state index in [0.29, 0.717) is 18.7 Å². The van der Waals surface area contributed by atoms with Gasteiger partial charge in [0.05, 0.1) is 31.3 Å². The number of ether oxygens (including phenoxy) is 1. The lowest BCUT2D eigenvalue weighted by atomic mass is 10.0. The number of carbonyl (C=O) groups excluding carboxylic acids is 5. The summed E-state index contributed by atoms with van der Waals surface area (Å²) >= 11 is 0. The van der Waals surface area contributed by atoms with Crippen LogP contribution in [0.5, 0.6) is 5.75 Å². The maximum atomic E-state index is 13.2. The molecular weight excluding hydrogens is 520 g/mol. The number of nitrogens with two attached hydrogens (primary N) is 1. The maximum Gasteiger partial charge on any atom is 0.255 e. The number of aryl methyl sites for hydroxylation is 1. The van der Waals surface area contributed by atoms with Crippen molar-refractivity contribution in [2.45, 2.75) is 71.8 Å². The molecule has 5 amide bonds. The summed E-state index contributed by atoms with van der Waals surface area (Å²) in [6.45, 7) is 7.57. The molecule has 14 heteroatoms. The van der Waals surface area contributed by atoms with E-state index in [4.69, 9.17) is 10.5 Å². The first-order chi connectivity index (χ1) is 18.9. The minimum absolute atomic E-state index is 0.0778. The fraction of sp³-hybridized carbons (Fsp3) is 0.500. The minimum atomic E-state index is -1.36. The Morgan fingerprint density at radius 3 is 2.55 bits per heavy atom. The lowest BCUT2D eigenvalue weighted by molar-refractivity contribution is -0.133. The Hall–Kier alpha value is -4.49. The van der Waals surface area contributed by atoms with Crippen LogP contribution < -0.4 is 31.7 Å². The lowest BCUT2D eigenvalue weighted by Gasteiger charge is -2.24. The van der Waals surface area contributed by atoms with Crippen molar-refractivity contribution < 1.29 is 28.7 Å². The van der Waals surface area contributed by atoms with Crippen molar-refractivity contribution in [3.8, 4) is 5.75 Å². The van der Waals surface area contributed by atoms with Gasteiger partial charge in [-0.15, -0.1) is 5.10 Å². The topological polar surface area (TPSA) is 199 Å². The Labute approximate surface area is 231 Å². The van der Waals surface area contributed by atoms with Gasteiger partial charge in [-0.1, -0.05) is 30.7 Å². The first-order valence-corrected chi connectivity index (χ1v) is 13.0. The summed E-state index contributed by atoms with van der Waals surface area (Å²) in [7, 11) is 0. The predicted molar refractivity (Wildman–Crippen MR) is 143 cm³/mol. The Morgan fingerprint density at radius 1 is 1.10 bits per heavy atom. The third-order valence-electron chi connectivity index (χ3n) is 6.11.